The number of carbonyl (C=O) groups excluding carboxylic acids is 2. The van der Waals surface area contributed by atoms with Gasteiger partial charge in [0.25, 0.3) is 0 Å². The number of piperidine rings is 1. The Morgan fingerprint density at radius 1 is 1.43 bits per heavy atom. The fourth-order valence-electron chi connectivity index (χ4n) is 2.74. The second-order valence-corrected chi connectivity index (χ2v) is 5.99. The molecular weight excluding hydrogens is 296 g/mol. The minimum absolute atomic E-state index is 0.0645. The number of amides is 1. The Kier molecular flexibility index (Phi) is 5.60. The molecule has 6 heteroatoms. The molecule has 0 aliphatic carbocycles. The predicted molar refractivity (Wildman–Crippen MR) is 87.5 cm³/mol. The number of benzene rings is 1. The molecule has 1 aromatic carbocycles. The summed E-state index contributed by atoms with van der Waals surface area (Å²) in [6.07, 6.45) is 1.60. The normalized spacial score (nSPS) is 21.7. The van der Waals surface area contributed by atoms with Gasteiger partial charge < -0.3 is 20.1 Å². The summed E-state index contributed by atoms with van der Waals surface area (Å²) in [5.41, 5.74) is 0.574. The van der Waals surface area contributed by atoms with Crippen LogP contribution < -0.4 is 5.32 Å². The van der Waals surface area contributed by atoms with Gasteiger partial charge in [0.1, 0.15) is 5.75 Å². The highest BCUT2D eigenvalue weighted by Crippen LogP contribution is 2.28. The Bertz CT molecular complexity index is 588. The maximum absolute atomic E-state index is 12.4. The maximum atomic E-state index is 12.4. The molecule has 1 saturated heterocycles. The molecule has 6 nitrogen and oxygen atoms in total. The first-order valence-corrected chi connectivity index (χ1v) is 7.93. The standard InChI is InChI=1S/C17H24N2O4/c1-4-23-17(22)13-5-6-14(15(20)10-13)18-16(21)12-7-8-19(3)11(2)9-12/h5-6,10-12,20H,4,7-9H2,1-3H3,(H,18,21)/t11-,12-/m0/s1. The largest absolute Gasteiger partial charge is 0.506 e. The van der Waals surface area contributed by atoms with Crippen LogP contribution in [0.2, 0.25) is 0 Å². The average Bonchev–Trinajstić information content (AvgIpc) is 2.52. The summed E-state index contributed by atoms with van der Waals surface area (Å²) in [6, 6.07) is 4.73. The molecule has 1 heterocycles. The van der Waals surface area contributed by atoms with Gasteiger partial charge in [0.2, 0.25) is 5.91 Å². The average molecular weight is 320 g/mol. The number of phenols is 1. The number of hydrogen-bond donors (Lipinski definition) is 2. The molecule has 126 valence electrons. The number of anilines is 1. The van der Waals surface area contributed by atoms with E-state index < -0.39 is 5.97 Å². The minimum atomic E-state index is -0.496. The Morgan fingerprint density at radius 3 is 2.78 bits per heavy atom. The number of aromatic hydroxyl groups is 1. The van der Waals surface area contributed by atoms with Gasteiger partial charge in [-0.2, -0.15) is 0 Å². The van der Waals surface area contributed by atoms with Crippen LogP contribution in [-0.4, -0.2) is 48.1 Å². The highest BCUT2D eigenvalue weighted by molar-refractivity contribution is 5.96. The lowest BCUT2D eigenvalue weighted by atomic mass is 9.91. The van der Waals surface area contributed by atoms with E-state index in [1.54, 1.807) is 6.92 Å². The highest BCUT2D eigenvalue weighted by Gasteiger charge is 2.28. The number of esters is 1. The zero-order chi connectivity index (χ0) is 17.0. The van der Waals surface area contributed by atoms with Gasteiger partial charge in [0, 0.05) is 12.0 Å². The van der Waals surface area contributed by atoms with Crippen LogP contribution in [0.5, 0.6) is 5.75 Å². The Labute approximate surface area is 136 Å². The monoisotopic (exact) mass is 320 g/mol. The van der Waals surface area contributed by atoms with Crippen molar-refractivity contribution in [1.29, 1.82) is 0 Å². The van der Waals surface area contributed by atoms with Gasteiger partial charge in [-0.1, -0.05) is 0 Å². The Balaban J connectivity index is 2.02. The molecule has 0 spiro atoms. The van der Waals surface area contributed by atoms with Crippen molar-refractivity contribution >= 4 is 17.6 Å². The second kappa shape index (κ2) is 7.46. The topological polar surface area (TPSA) is 78.9 Å². The molecule has 0 unspecified atom stereocenters. The van der Waals surface area contributed by atoms with Crippen molar-refractivity contribution in [2.75, 3.05) is 25.5 Å². The molecule has 2 N–H and O–H groups in total. The molecule has 0 aromatic heterocycles. The van der Waals surface area contributed by atoms with E-state index in [9.17, 15) is 14.7 Å². The number of phenolic OH excluding ortho intramolecular Hbond substituents is 1. The van der Waals surface area contributed by atoms with Crippen molar-refractivity contribution in [3.8, 4) is 5.75 Å². The molecule has 23 heavy (non-hydrogen) atoms. The number of rotatable bonds is 4. The van der Waals surface area contributed by atoms with Crippen molar-refractivity contribution < 1.29 is 19.4 Å². The van der Waals surface area contributed by atoms with Gasteiger partial charge in [-0.3, -0.25) is 4.79 Å². The van der Waals surface area contributed by atoms with Crippen LogP contribution in [0.4, 0.5) is 5.69 Å². The molecule has 1 amide bonds. The van der Waals surface area contributed by atoms with E-state index in [0.717, 1.165) is 19.4 Å². The number of hydrogen-bond acceptors (Lipinski definition) is 5. The summed E-state index contributed by atoms with van der Waals surface area (Å²) in [7, 11) is 2.05. The molecule has 0 radical (unpaired) electrons. The van der Waals surface area contributed by atoms with Crippen LogP contribution in [0.25, 0.3) is 0 Å². The zero-order valence-electron chi connectivity index (χ0n) is 13.8. The molecule has 0 saturated carbocycles. The maximum Gasteiger partial charge on any atom is 0.338 e. The fraction of sp³-hybridized carbons (Fsp3) is 0.529. The zero-order valence-corrected chi connectivity index (χ0v) is 13.8. The first kappa shape index (κ1) is 17.3. The first-order valence-electron chi connectivity index (χ1n) is 7.93. The van der Waals surface area contributed by atoms with Crippen molar-refractivity contribution in [2.45, 2.75) is 32.7 Å². The first-order chi connectivity index (χ1) is 10.9. The van der Waals surface area contributed by atoms with E-state index in [-0.39, 0.29) is 29.7 Å². The quantitative estimate of drug-likeness (QED) is 0.657. The Hall–Kier alpha value is -2.08. The summed E-state index contributed by atoms with van der Waals surface area (Å²) >= 11 is 0. The second-order valence-electron chi connectivity index (χ2n) is 5.99. The van der Waals surface area contributed by atoms with Crippen LogP contribution in [-0.2, 0) is 9.53 Å². The van der Waals surface area contributed by atoms with Gasteiger partial charge in [0.05, 0.1) is 17.9 Å². The van der Waals surface area contributed by atoms with Gasteiger partial charge >= 0.3 is 5.97 Å². The van der Waals surface area contributed by atoms with Crippen LogP contribution >= 0.6 is 0 Å². The lowest BCUT2D eigenvalue weighted by Crippen LogP contribution is -2.41. The number of nitrogens with zero attached hydrogens (tertiary/aromatic N) is 1. The van der Waals surface area contributed by atoms with Gasteiger partial charge in [0.15, 0.2) is 0 Å². The van der Waals surface area contributed by atoms with Crippen molar-refractivity contribution in [2.24, 2.45) is 5.92 Å². The summed E-state index contributed by atoms with van der Waals surface area (Å²) < 4.78 is 4.88. The molecule has 1 aliphatic heterocycles. The van der Waals surface area contributed by atoms with E-state index in [1.165, 1.54) is 18.2 Å². The van der Waals surface area contributed by atoms with Crippen LogP contribution in [0, 0.1) is 5.92 Å². The third-order valence-corrected chi connectivity index (χ3v) is 4.35. The SMILES string of the molecule is CCOC(=O)c1ccc(NC(=O)[C@H]2CCN(C)[C@@H](C)C2)c(O)c1. The summed E-state index contributed by atoms with van der Waals surface area (Å²) in [5.74, 6) is -0.788. The molecule has 0 bridgehead atoms. The number of likely N-dealkylation sites (tertiary alicyclic amines) is 1. The molecule has 1 aromatic rings. The smallest absolute Gasteiger partial charge is 0.338 e. The third kappa shape index (κ3) is 4.22. The van der Waals surface area contributed by atoms with E-state index in [1.807, 2.05) is 0 Å². The summed E-state index contributed by atoms with van der Waals surface area (Å²) in [6.45, 7) is 4.97. The highest BCUT2D eigenvalue weighted by atomic mass is 16.5. The van der Waals surface area contributed by atoms with Crippen LogP contribution in [0.3, 0.4) is 0 Å². The van der Waals surface area contributed by atoms with Gasteiger partial charge in [-0.25, -0.2) is 4.79 Å². The lowest BCUT2D eigenvalue weighted by molar-refractivity contribution is -0.121. The molecule has 1 aliphatic rings. The van der Waals surface area contributed by atoms with E-state index in [0.29, 0.717) is 11.7 Å². The van der Waals surface area contributed by atoms with Crippen LogP contribution in [0.1, 0.15) is 37.0 Å². The lowest BCUT2D eigenvalue weighted by Gasteiger charge is -2.34. The van der Waals surface area contributed by atoms with Gasteiger partial charge in [-0.15, -0.1) is 0 Å². The van der Waals surface area contributed by atoms with Crippen molar-refractivity contribution in [1.82, 2.24) is 4.90 Å². The van der Waals surface area contributed by atoms with Gasteiger partial charge in [-0.05, 0) is 58.5 Å². The third-order valence-electron chi connectivity index (χ3n) is 4.35. The summed E-state index contributed by atoms with van der Waals surface area (Å²) in [4.78, 5) is 26.2. The molecule has 2 atom stereocenters. The van der Waals surface area contributed by atoms with Crippen molar-refractivity contribution in [3.05, 3.63) is 23.8 Å². The van der Waals surface area contributed by atoms with E-state index in [4.69, 9.17) is 4.74 Å². The van der Waals surface area contributed by atoms with E-state index in [2.05, 4.69) is 24.2 Å². The predicted octanol–water partition coefficient (Wildman–Crippen LogP) is 2.24. The number of ether oxygens (including phenoxy) is 1. The summed E-state index contributed by atoms with van der Waals surface area (Å²) in [5, 5.41) is 12.8. The molecule has 1 fully saturated rings. The number of carbonyl (C=O) groups is 2. The minimum Gasteiger partial charge on any atom is -0.506 e. The molecule has 2 rings (SSSR count). The van der Waals surface area contributed by atoms with E-state index >= 15 is 0 Å². The fourth-order valence-corrected chi connectivity index (χ4v) is 2.74. The van der Waals surface area contributed by atoms with Crippen LogP contribution in [0.15, 0.2) is 18.2 Å². The van der Waals surface area contributed by atoms with Crippen molar-refractivity contribution in [3.63, 3.8) is 0 Å². The molecular formula is C17H24N2O4. The number of nitrogens with one attached hydrogen (secondary N) is 1. The Morgan fingerprint density at radius 2 is 2.17 bits per heavy atom.